The second kappa shape index (κ2) is 7.19. The summed E-state index contributed by atoms with van der Waals surface area (Å²) in [7, 11) is -3.54. The molecule has 1 amide bonds. The van der Waals surface area contributed by atoms with Gasteiger partial charge in [0.25, 0.3) is 0 Å². The molecule has 0 radical (unpaired) electrons. The van der Waals surface area contributed by atoms with E-state index in [1.54, 1.807) is 0 Å². The first-order valence-electron chi connectivity index (χ1n) is 6.68. The number of amides is 1. The number of ether oxygens (including phenoxy) is 1. The first kappa shape index (κ1) is 17.9. The van der Waals surface area contributed by atoms with Crippen LogP contribution in [0.5, 0.6) is 0 Å². The summed E-state index contributed by atoms with van der Waals surface area (Å²) in [6.45, 7) is 3.87. The molecule has 0 aliphatic carbocycles. The normalized spacial score (nSPS) is 24.0. The molecule has 0 aromatic heterocycles. The number of sulfonamides is 1. The number of nitrogens with one attached hydrogen (secondary N) is 2. The fraction of sp³-hybridized carbons (Fsp3) is 0.833. The van der Waals surface area contributed by atoms with Gasteiger partial charge in [-0.25, -0.2) is 13.1 Å². The van der Waals surface area contributed by atoms with Crippen LogP contribution in [0.4, 0.5) is 0 Å². The van der Waals surface area contributed by atoms with Crippen LogP contribution in [0, 0.1) is 11.8 Å². The number of carboxylic acids is 1. The first-order chi connectivity index (χ1) is 9.60. The van der Waals surface area contributed by atoms with Gasteiger partial charge in [-0.1, -0.05) is 13.8 Å². The fourth-order valence-electron chi connectivity index (χ4n) is 2.16. The highest BCUT2D eigenvalue weighted by atomic mass is 32.2. The van der Waals surface area contributed by atoms with Gasteiger partial charge in [-0.15, -0.1) is 0 Å². The number of carbonyl (C=O) groups is 2. The second-order valence-electron chi connectivity index (χ2n) is 5.67. The molecule has 0 saturated carbocycles. The molecule has 0 spiro atoms. The summed E-state index contributed by atoms with van der Waals surface area (Å²) in [6, 6.07) is -1.57. The van der Waals surface area contributed by atoms with E-state index in [1.165, 1.54) is 0 Å². The highest BCUT2D eigenvalue weighted by Crippen LogP contribution is 2.15. The Morgan fingerprint density at radius 2 is 1.95 bits per heavy atom. The molecule has 1 saturated heterocycles. The molecule has 122 valence electrons. The van der Waals surface area contributed by atoms with E-state index < -0.39 is 39.9 Å². The predicted octanol–water partition coefficient (Wildman–Crippen LogP) is -0.834. The second-order valence-corrected chi connectivity index (χ2v) is 7.45. The number of carbonyl (C=O) groups excluding carboxylic acids is 1. The molecule has 0 aromatic carbocycles. The number of rotatable bonds is 7. The zero-order valence-corrected chi connectivity index (χ0v) is 13.1. The molecule has 1 fully saturated rings. The molecule has 1 rings (SSSR count). The van der Waals surface area contributed by atoms with E-state index in [0.29, 0.717) is 6.42 Å². The fourth-order valence-corrected chi connectivity index (χ4v) is 2.88. The van der Waals surface area contributed by atoms with Crippen molar-refractivity contribution in [1.29, 1.82) is 0 Å². The Morgan fingerprint density at radius 1 is 1.33 bits per heavy atom. The van der Waals surface area contributed by atoms with Crippen LogP contribution in [-0.4, -0.2) is 57.0 Å². The molecular weight excluding hydrogens is 300 g/mol. The Bertz CT molecular complexity index is 490. The lowest BCUT2D eigenvalue weighted by Crippen LogP contribution is -2.52. The predicted molar refractivity (Wildman–Crippen MR) is 75.1 cm³/mol. The van der Waals surface area contributed by atoms with Crippen molar-refractivity contribution in [2.24, 2.45) is 11.8 Å². The quantitative estimate of drug-likeness (QED) is 0.562. The Morgan fingerprint density at radius 3 is 2.43 bits per heavy atom. The van der Waals surface area contributed by atoms with Gasteiger partial charge in [0.1, 0.15) is 12.0 Å². The van der Waals surface area contributed by atoms with Crippen molar-refractivity contribution in [1.82, 2.24) is 10.0 Å². The van der Waals surface area contributed by atoms with Crippen LogP contribution in [0.25, 0.3) is 0 Å². The van der Waals surface area contributed by atoms with Crippen LogP contribution in [-0.2, 0) is 24.3 Å². The van der Waals surface area contributed by atoms with Crippen LogP contribution in [0.1, 0.15) is 20.3 Å². The SMILES string of the molecule is CC(C)CC(NS(C)(=O)=O)C(=O)NC1COCC1C(=O)O. The van der Waals surface area contributed by atoms with Crippen molar-refractivity contribution in [2.45, 2.75) is 32.4 Å². The number of hydrogen-bond acceptors (Lipinski definition) is 5. The molecule has 1 aliphatic rings. The topological polar surface area (TPSA) is 122 Å². The van der Waals surface area contributed by atoms with Crippen molar-refractivity contribution >= 4 is 21.9 Å². The smallest absolute Gasteiger partial charge is 0.311 e. The third-order valence-corrected chi connectivity index (χ3v) is 3.82. The van der Waals surface area contributed by atoms with Crippen LogP contribution < -0.4 is 10.0 Å². The van der Waals surface area contributed by atoms with Crippen LogP contribution in [0.3, 0.4) is 0 Å². The molecular formula is C12H22N2O6S. The summed E-state index contributed by atoms with van der Waals surface area (Å²) in [4.78, 5) is 23.2. The lowest BCUT2D eigenvalue weighted by atomic mass is 10.0. The van der Waals surface area contributed by atoms with E-state index in [4.69, 9.17) is 9.84 Å². The number of aliphatic carboxylic acids is 1. The third kappa shape index (κ3) is 5.98. The molecule has 1 aliphatic heterocycles. The summed E-state index contributed by atoms with van der Waals surface area (Å²) >= 11 is 0. The maximum atomic E-state index is 12.2. The molecule has 3 N–H and O–H groups in total. The van der Waals surface area contributed by atoms with Crippen molar-refractivity contribution in [3.05, 3.63) is 0 Å². The first-order valence-corrected chi connectivity index (χ1v) is 8.57. The van der Waals surface area contributed by atoms with Crippen molar-refractivity contribution in [3.63, 3.8) is 0 Å². The minimum Gasteiger partial charge on any atom is -0.481 e. The Balaban J connectivity index is 2.74. The molecule has 8 nitrogen and oxygen atoms in total. The summed E-state index contributed by atoms with van der Waals surface area (Å²) in [5.41, 5.74) is 0. The highest BCUT2D eigenvalue weighted by molar-refractivity contribution is 7.88. The molecule has 9 heteroatoms. The van der Waals surface area contributed by atoms with Crippen molar-refractivity contribution in [2.75, 3.05) is 19.5 Å². The van der Waals surface area contributed by atoms with Gasteiger partial charge in [0.15, 0.2) is 0 Å². The summed E-state index contributed by atoms with van der Waals surface area (Å²) in [5.74, 6) is -2.29. The molecule has 3 atom stereocenters. The lowest BCUT2D eigenvalue weighted by molar-refractivity contribution is -0.142. The Labute approximate surface area is 124 Å². The third-order valence-electron chi connectivity index (χ3n) is 3.11. The van der Waals surface area contributed by atoms with Crippen LogP contribution in [0.15, 0.2) is 0 Å². The minimum atomic E-state index is -3.54. The zero-order chi connectivity index (χ0) is 16.2. The van der Waals surface area contributed by atoms with E-state index in [0.717, 1.165) is 6.26 Å². The molecule has 0 aromatic rings. The van der Waals surface area contributed by atoms with Gasteiger partial charge >= 0.3 is 5.97 Å². The van der Waals surface area contributed by atoms with Crippen LogP contribution >= 0.6 is 0 Å². The van der Waals surface area contributed by atoms with Gasteiger partial charge in [0, 0.05) is 0 Å². The Hall–Kier alpha value is -1.19. The van der Waals surface area contributed by atoms with Gasteiger partial charge in [-0.3, -0.25) is 9.59 Å². The van der Waals surface area contributed by atoms with E-state index in [2.05, 4.69) is 10.0 Å². The summed E-state index contributed by atoms with van der Waals surface area (Å²) in [6.07, 6.45) is 1.30. The van der Waals surface area contributed by atoms with E-state index in [1.807, 2.05) is 13.8 Å². The van der Waals surface area contributed by atoms with Gasteiger partial charge in [-0.2, -0.15) is 0 Å². The lowest BCUT2D eigenvalue weighted by Gasteiger charge is -2.22. The minimum absolute atomic E-state index is 0.0363. The van der Waals surface area contributed by atoms with Crippen LogP contribution in [0.2, 0.25) is 0 Å². The van der Waals surface area contributed by atoms with E-state index in [9.17, 15) is 18.0 Å². The summed E-state index contributed by atoms with van der Waals surface area (Å²) in [5, 5.41) is 11.6. The number of carboxylic acid groups (broad SMARTS) is 1. The van der Waals surface area contributed by atoms with Crippen molar-refractivity contribution < 1.29 is 27.9 Å². The molecule has 21 heavy (non-hydrogen) atoms. The average molecular weight is 322 g/mol. The number of hydrogen-bond donors (Lipinski definition) is 3. The Kier molecular flexibility index (Phi) is 6.11. The average Bonchev–Trinajstić information content (AvgIpc) is 2.73. The molecule has 3 unspecified atom stereocenters. The van der Waals surface area contributed by atoms with Gasteiger partial charge in [0.2, 0.25) is 15.9 Å². The molecule has 1 heterocycles. The molecule has 0 bridgehead atoms. The summed E-state index contributed by atoms with van der Waals surface area (Å²) < 4.78 is 30.0. The zero-order valence-electron chi connectivity index (χ0n) is 12.3. The van der Waals surface area contributed by atoms with Gasteiger partial charge in [0.05, 0.1) is 25.5 Å². The van der Waals surface area contributed by atoms with Gasteiger partial charge in [-0.05, 0) is 12.3 Å². The van der Waals surface area contributed by atoms with Crippen molar-refractivity contribution in [3.8, 4) is 0 Å². The standard InChI is InChI=1S/C12H22N2O6S/c1-7(2)4-9(14-21(3,18)19)11(15)13-10-6-20-5-8(10)12(16)17/h7-10,14H,4-6H2,1-3H3,(H,13,15)(H,16,17). The highest BCUT2D eigenvalue weighted by Gasteiger charge is 2.36. The maximum Gasteiger partial charge on any atom is 0.311 e. The largest absolute Gasteiger partial charge is 0.481 e. The van der Waals surface area contributed by atoms with E-state index in [-0.39, 0.29) is 19.1 Å². The van der Waals surface area contributed by atoms with Gasteiger partial charge < -0.3 is 15.2 Å². The monoisotopic (exact) mass is 322 g/mol. The van der Waals surface area contributed by atoms with E-state index >= 15 is 0 Å². The maximum absolute atomic E-state index is 12.2.